The minimum atomic E-state index is -0.0832. The SMILES string of the molecule is Cc1conc1NC(=O)N1CCC2(CC1)C[C@@H]2N(C)Cc1nccs1. The molecule has 1 aliphatic heterocycles. The first-order chi connectivity index (χ1) is 12.1. The molecule has 25 heavy (non-hydrogen) atoms. The van der Waals surface area contributed by atoms with Crippen LogP contribution >= 0.6 is 11.3 Å². The van der Waals surface area contributed by atoms with E-state index in [2.05, 4.69) is 27.4 Å². The lowest BCUT2D eigenvalue weighted by Gasteiger charge is -2.34. The molecule has 4 rings (SSSR count). The number of aromatic nitrogens is 2. The summed E-state index contributed by atoms with van der Waals surface area (Å²) in [6, 6.07) is 0.527. The van der Waals surface area contributed by atoms with Gasteiger partial charge >= 0.3 is 6.03 Å². The first-order valence-corrected chi connectivity index (χ1v) is 9.51. The standard InChI is InChI=1S/C17H23N5O2S/c1-12-11-24-20-15(12)19-16(23)22-6-3-17(4-7-22)9-13(17)21(2)10-14-18-5-8-25-14/h5,8,11,13H,3-4,6-7,9-10H2,1-2H3,(H,19,20,23)/t13-/m0/s1. The highest BCUT2D eigenvalue weighted by atomic mass is 32.1. The Labute approximate surface area is 151 Å². The van der Waals surface area contributed by atoms with Crippen LogP contribution in [0.5, 0.6) is 0 Å². The summed E-state index contributed by atoms with van der Waals surface area (Å²) in [5.41, 5.74) is 1.22. The molecule has 1 N–H and O–H groups in total. The second kappa shape index (κ2) is 6.42. The molecule has 1 spiro atoms. The summed E-state index contributed by atoms with van der Waals surface area (Å²) in [4.78, 5) is 21.1. The third kappa shape index (κ3) is 3.28. The molecule has 2 amide bonds. The average molecular weight is 361 g/mol. The summed E-state index contributed by atoms with van der Waals surface area (Å²) < 4.78 is 4.87. The second-order valence-corrected chi connectivity index (χ2v) is 8.17. The van der Waals surface area contributed by atoms with Gasteiger partial charge in [-0.25, -0.2) is 9.78 Å². The molecular formula is C17H23N5O2S. The van der Waals surface area contributed by atoms with Crippen molar-refractivity contribution >= 4 is 23.2 Å². The average Bonchev–Trinajstić information content (AvgIpc) is 2.92. The van der Waals surface area contributed by atoms with Gasteiger partial charge in [-0.2, -0.15) is 0 Å². The van der Waals surface area contributed by atoms with Gasteiger partial charge in [0.2, 0.25) is 0 Å². The van der Waals surface area contributed by atoms with Crippen molar-refractivity contribution < 1.29 is 9.32 Å². The number of hydrogen-bond acceptors (Lipinski definition) is 6. The van der Waals surface area contributed by atoms with Crippen molar-refractivity contribution in [2.24, 2.45) is 5.41 Å². The minimum Gasteiger partial charge on any atom is -0.362 e. The minimum absolute atomic E-state index is 0.0832. The monoisotopic (exact) mass is 361 g/mol. The Morgan fingerprint density at radius 2 is 2.32 bits per heavy atom. The molecule has 1 saturated heterocycles. The molecule has 2 aromatic rings. The number of rotatable bonds is 4. The summed E-state index contributed by atoms with van der Waals surface area (Å²) in [6.45, 7) is 4.37. The lowest BCUT2D eigenvalue weighted by atomic mass is 9.92. The molecule has 2 aliphatic rings. The fraction of sp³-hybridized carbons (Fsp3) is 0.588. The summed E-state index contributed by atoms with van der Waals surface area (Å²) in [6.07, 6.45) is 6.75. The van der Waals surface area contributed by atoms with Gasteiger partial charge in [0, 0.05) is 36.3 Å². The maximum Gasteiger partial charge on any atom is 0.323 e. The lowest BCUT2D eigenvalue weighted by Crippen LogP contribution is -2.43. The van der Waals surface area contributed by atoms with Crippen LogP contribution in [0.1, 0.15) is 29.8 Å². The number of aryl methyl sites for hydroxylation is 1. The van der Waals surface area contributed by atoms with Crippen molar-refractivity contribution in [3.8, 4) is 0 Å². The molecule has 7 nitrogen and oxygen atoms in total. The fourth-order valence-electron chi connectivity index (χ4n) is 3.88. The van der Waals surface area contributed by atoms with E-state index in [0.29, 0.717) is 17.3 Å². The van der Waals surface area contributed by atoms with Gasteiger partial charge in [0.25, 0.3) is 0 Å². The van der Waals surface area contributed by atoms with Crippen LogP contribution in [0.15, 0.2) is 22.4 Å². The van der Waals surface area contributed by atoms with E-state index in [1.54, 1.807) is 11.3 Å². The molecule has 134 valence electrons. The zero-order valence-corrected chi connectivity index (χ0v) is 15.4. The predicted octanol–water partition coefficient (Wildman–Crippen LogP) is 2.96. The van der Waals surface area contributed by atoms with Crippen LogP contribution in [-0.2, 0) is 6.54 Å². The Kier molecular flexibility index (Phi) is 4.24. The number of hydrogen-bond donors (Lipinski definition) is 1. The zero-order chi connectivity index (χ0) is 17.4. The van der Waals surface area contributed by atoms with E-state index in [1.165, 1.54) is 17.7 Å². The number of thiazole rings is 1. The fourth-order valence-corrected chi connectivity index (χ4v) is 4.56. The van der Waals surface area contributed by atoms with E-state index in [0.717, 1.165) is 38.0 Å². The van der Waals surface area contributed by atoms with Crippen LogP contribution < -0.4 is 5.32 Å². The number of nitrogens with one attached hydrogen (secondary N) is 1. The molecule has 1 saturated carbocycles. The zero-order valence-electron chi connectivity index (χ0n) is 14.6. The quantitative estimate of drug-likeness (QED) is 0.906. The number of urea groups is 1. The maximum atomic E-state index is 12.4. The Morgan fingerprint density at radius 1 is 1.52 bits per heavy atom. The normalized spacial score (nSPS) is 21.7. The van der Waals surface area contributed by atoms with Gasteiger partial charge in [0.1, 0.15) is 11.3 Å². The van der Waals surface area contributed by atoms with E-state index in [-0.39, 0.29) is 6.03 Å². The Bertz CT molecular complexity index is 736. The highest BCUT2D eigenvalue weighted by Gasteiger charge is 2.56. The number of amides is 2. The first kappa shape index (κ1) is 16.5. The Morgan fingerprint density at radius 3 is 2.96 bits per heavy atom. The highest BCUT2D eigenvalue weighted by Crippen LogP contribution is 2.56. The number of piperidine rings is 1. The van der Waals surface area contributed by atoms with Crippen molar-refractivity contribution in [1.29, 1.82) is 0 Å². The third-order valence-electron chi connectivity index (χ3n) is 5.57. The van der Waals surface area contributed by atoms with E-state index >= 15 is 0 Å². The number of carbonyl (C=O) groups excluding carboxylic acids is 1. The van der Waals surface area contributed by atoms with Crippen molar-refractivity contribution in [3.05, 3.63) is 28.4 Å². The Balaban J connectivity index is 1.29. The molecular weight excluding hydrogens is 338 g/mol. The van der Waals surface area contributed by atoms with Crippen LogP contribution in [0.4, 0.5) is 10.6 Å². The van der Waals surface area contributed by atoms with Crippen LogP contribution in [-0.4, -0.2) is 52.2 Å². The summed E-state index contributed by atoms with van der Waals surface area (Å²) in [5.74, 6) is 0.512. The summed E-state index contributed by atoms with van der Waals surface area (Å²) >= 11 is 1.71. The van der Waals surface area contributed by atoms with E-state index in [9.17, 15) is 4.79 Å². The Hall–Kier alpha value is -1.93. The number of likely N-dealkylation sites (tertiary alicyclic amines) is 1. The van der Waals surface area contributed by atoms with Gasteiger partial charge in [0.05, 0.1) is 6.54 Å². The molecule has 0 radical (unpaired) electrons. The van der Waals surface area contributed by atoms with E-state index < -0.39 is 0 Å². The van der Waals surface area contributed by atoms with Gasteiger partial charge in [0.15, 0.2) is 5.82 Å². The van der Waals surface area contributed by atoms with Crippen LogP contribution in [0, 0.1) is 12.3 Å². The van der Waals surface area contributed by atoms with Crippen molar-refractivity contribution in [1.82, 2.24) is 19.9 Å². The molecule has 8 heteroatoms. The van der Waals surface area contributed by atoms with Gasteiger partial charge in [-0.3, -0.25) is 10.2 Å². The summed E-state index contributed by atoms with van der Waals surface area (Å²) in [7, 11) is 2.19. The number of carbonyl (C=O) groups is 1. The lowest BCUT2D eigenvalue weighted by molar-refractivity contribution is 0.156. The van der Waals surface area contributed by atoms with Crippen molar-refractivity contribution in [2.75, 3.05) is 25.5 Å². The maximum absolute atomic E-state index is 12.4. The van der Waals surface area contributed by atoms with Gasteiger partial charge in [-0.15, -0.1) is 11.3 Å². The highest BCUT2D eigenvalue weighted by molar-refractivity contribution is 7.09. The predicted molar refractivity (Wildman–Crippen MR) is 95.5 cm³/mol. The van der Waals surface area contributed by atoms with Crippen LogP contribution in [0.2, 0.25) is 0 Å². The van der Waals surface area contributed by atoms with E-state index in [1.807, 2.05) is 23.4 Å². The first-order valence-electron chi connectivity index (χ1n) is 8.63. The third-order valence-corrected chi connectivity index (χ3v) is 6.33. The summed E-state index contributed by atoms with van der Waals surface area (Å²) in [5, 5.41) is 9.85. The molecule has 0 unspecified atom stereocenters. The second-order valence-electron chi connectivity index (χ2n) is 7.19. The number of anilines is 1. The van der Waals surface area contributed by atoms with Gasteiger partial charge in [-0.05, 0) is 38.6 Å². The van der Waals surface area contributed by atoms with Crippen LogP contribution in [0.3, 0.4) is 0 Å². The molecule has 1 aliphatic carbocycles. The van der Waals surface area contributed by atoms with Gasteiger partial charge < -0.3 is 9.42 Å². The number of nitrogens with zero attached hydrogens (tertiary/aromatic N) is 4. The van der Waals surface area contributed by atoms with Crippen molar-refractivity contribution in [2.45, 2.75) is 38.8 Å². The van der Waals surface area contributed by atoms with Crippen LogP contribution in [0.25, 0.3) is 0 Å². The molecule has 2 fully saturated rings. The smallest absolute Gasteiger partial charge is 0.323 e. The molecule has 0 aromatic carbocycles. The largest absolute Gasteiger partial charge is 0.362 e. The van der Waals surface area contributed by atoms with Crippen molar-refractivity contribution in [3.63, 3.8) is 0 Å². The molecule has 3 heterocycles. The molecule has 0 bridgehead atoms. The molecule has 1 atom stereocenters. The molecule has 2 aromatic heterocycles. The topological polar surface area (TPSA) is 74.5 Å². The van der Waals surface area contributed by atoms with Gasteiger partial charge in [-0.1, -0.05) is 5.16 Å². The van der Waals surface area contributed by atoms with E-state index in [4.69, 9.17) is 4.52 Å².